The summed E-state index contributed by atoms with van der Waals surface area (Å²) in [5.41, 5.74) is -0.813. The molecule has 1 fully saturated rings. The Morgan fingerprint density at radius 2 is 2.38 bits per heavy atom. The lowest BCUT2D eigenvalue weighted by Gasteiger charge is -2.41. The van der Waals surface area contributed by atoms with E-state index in [1.807, 2.05) is 0 Å². The van der Waals surface area contributed by atoms with Crippen molar-refractivity contribution in [2.75, 3.05) is 5.32 Å². The van der Waals surface area contributed by atoms with E-state index in [2.05, 4.69) is 15.3 Å². The van der Waals surface area contributed by atoms with Crippen LogP contribution in [-0.4, -0.2) is 26.6 Å². The number of carboxylic acids is 1. The molecular formula is C10H13N3O3. The van der Waals surface area contributed by atoms with Gasteiger partial charge in [-0.05, 0) is 19.3 Å². The van der Waals surface area contributed by atoms with Gasteiger partial charge in [0.1, 0.15) is 0 Å². The lowest BCUT2D eigenvalue weighted by atomic mass is 9.74. The molecule has 0 amide bonds. The van der Waals surface area contributed by atoms with E-state index in [4.69, 9.17) is 5.11 Å². The maximum Gasteiger partial charge on any atom is 0.305 e. The average molecular weight is 223 g/mol. The van der Waals surface area contributed by atoms with E-state index in [0.29, 0.717) is 0 Å². The minimum atomic E-state index is -0.862. The average Bonchev–Trinajstić information content (AvgIpc) is 2.17. The molecule has 0 aliphatic heterocycles. The summed E-state index contributed by atoms with van der Waals surface area (Å²) >= 11 is 0. The summed E-state index contributed by atoms with van der Waals surface area (Å²) in [6, 6.07) is 0. The lowest BCUT2D eigenvalue weighted by Crippen LogP contribution is -2.48. The van der Waals surface area contributed by atoms with Crippen molar-refractivity contribution < 1.29 is 9.90 Å². The molecule has 1 heterocycles. The molecule has 3 N–H and O–H groups in total. The first kappa shape index (κ1) is 10.7. The Morgan fingerprint density at radius 1 is 1.62 bits per heavy atom. The molecule has 1 aromatic rings. The molecule has 0 bridgehead atoms. The van der Waals surface area contributed by atoms with E-state index in [0.717, 1.165) is 19.3 Å². The standard InChI is InChI=1S/C10H13N3O3/c14-7(15)6-10(2-1-3-10)13-8-9(16)12-5-4-11-8/h4-5H,1-3,6H2,(H,11,13)(H,12,16)(H,14,15). The number of aliphatic carboxylic acids is 1. The number of aromatic nitrogens is 2. The molecule has 1 aliphatic rings. The molecule has 1 saturated carbocycles. The number of carbonyl (C=O) groups is 1. The largest absolute Gasteiger partial charge is 0.481 e. The number of carboxylic acid groups (broad SMARTS) is 1. The van der Waals surface area contributed by atoms with Crippen LogP contribution in [0.15, 0.2) is 17.2 Å². The van der Waals surface area contributed by atoms with Crippen LogP contribution in [0.5, 0.6) is 0 Å². The third kappa shape index (κ3) is 2.05. The fraction of sp³-hybridized carbons (Fsp3) is 0.500. The second-order valence-electron chi connectivity index (χ2n) is 4.10. The number of hydrogen-bond donors (Lipinski definition) is 3. The Labute approximate surface area is 91.7 Å². The third-order valence-corrected chi connectivity index (χ3v) is 2.89. The zero-order valence-corrected chi connectivity index (χ0v) is 8.69. The van der Waals surface area contributed by atoms with Crippen LogP contribution in [0, 0.1) is 0 Å². The van der Waals surface area contributed by atoms with Gasteiger partial charge in [0.05, 0.1) is 6.42 Å². The SMILES string of the molecule is O=C(O)CC1(Nc2ncc[nH]c2=O)CCC1. The second kappa shape index (κ2) is 3.96. The van der Waals surface area contributed by atoms with Gasteiger partial charge in [0, 0.05) is 17.9 Å². The summed E-state index contributed by atoms with van der Waals surface area (Å²) in [6.07, 6.45) is 5.42. The van der Waals surface area contributed by atoms with Crippen LogP contribution in [0.3, 0.4) is 0 Å². The number of aromatic amines is 1. The van der Waals surface area contributed by atoms with E-state index in [9.17, 15) is 9.59 Å². The molecule has 6 nitrogen and oxygen atoms in total. The van der Waals surface area contributed by atoms with Crippen molar-refractivity contribution in [3.8, 4) is 0 Å². The molecule has 0 unspecified atom stereocenters. The first-order valence-corrected chi connectivity index (χ1v) is 5.15. The predicted molar refractivity (Wildman–Crippen MR) is 57.3 cm³/mol. The van der Waals surface area contributed by atoms with E-state index >= 15 is 0 Å². The fourth-order valence-electron chi connectivity index (χ4n) is 1.93. The quantitative estimate of drug-likeness (QED) is 0.694. The number of nitrogens with zero attached hydrogens (tertiary/aromatic N) is 1. The Hall–Kier alpha value is -1.85. The monoisotopic (exact) mass is 223 g/mol. The van der Waals surface area contributed by atoms with Gasteiger partial charge in [0.2, 0.25) is 0 Å². The highest BCUT2D eigenvalue weighted by Crippen LogP contribution is 2.37. The van der Waals surface area contributed by atoms with Crippen molar-refractivity contribution in [1.29, 1.82) is 0 Å². The molecule has 1 aromatic heterocycles. The van der Waals surface area contributed by atoms with Gasteiger partial charge in [-0.25, -0.2) is 4.98 Å². The zero-order chi connectivity index (χ0) is 11.6. The van der Waals surface area contributed by atoms with Crippen molar-refractivity contribution in [3.63, 3.8) is 0 Å². The van der Waals surface area contributed by atoms with Crippen LogP contribution in [-0.2, 0) is 4.79 Å². The number of nitrogens with one attached hydrogen (secondary N) is 2. The van der Waals surface area contributed by atoms with Crippen molar-refractivity contribution in [2.24, 2.45) is 0 Å². The highest BCUT2D eigenvalue weighted by atomic mass is 16.4. The summed E-state index contributed by atoms with van der Waals surface area (Å²) in [5.74, 6) is -0.664. The van der Waals surface area contributed by atoms with Gasteiger partial charge < -0.3 is 15.4 Å². The minimum Gasteiger partial charge on any atom is -0.481 e. The van der Waals surface area contributed by atoms with Gasteiger partial charge in [-0.15, -0.1) is 0 Å². The van der Waals surface area contributed by atoms with Gasteiger partial charge in [0.25, 0.3) is 5.56 Å². The normalized spacial score (nSPS) is 17.5. The predicted octanol–water partition coefficient (Wildman–Crippen LogP) is 0.579. The van der Waals surface area contributed by atoms with Crippen LogP contribution in [0.4, 0.5) is 5.82 Å². The molecule has 16 heavy (non-hydrogen) atoms. The smallest absolute Gasteiger partial charge is 0.305 e. The maximum atomic E-state index is 11.4. The van der Waals surface area contributed by atoms with Gasteiger partial charge in [-0.1, -0.05) is 0 Å². The molecule has 6 heteroatoms. The van der Waals surface area contributed by atoms with Crippen molar-refractivity contribution >= 4 is 11.8 Å². The topological polar surface area (TPSA) is 95.1 Å². The zero-order valence-electron chi connectivity index (χ0n) is 8.69. The van der Waals surface area contributed by atoms with E-state index in [1.165, 1.54) is 12.4 Å². The molecule has 86 valence electrons. The molecule has 0 aromatic carbocycles. The van der Waals surface area contributed by atoms with Crippen LogP contribution >= 0.6 is 0 Å². The molecule has 0 spiro atoms. The van der Waals surface area contributed by atoms with E-state index < -0.39 is 11.5 Å². The Bertz CT molecular complexity index is 451. The van der Waals surface area contributed by atoms with Crippen molar-refractivity contribution in [2.45, 2.75) is 31.2 Å². The number of anilines is 1. The van der Waals surface area contributed by atoms with Crippen LogP contribution in [0.25, 0.3) is 0 Å². The lowest BCUT2D eigenvalue weighted by molar-refractivity contribution is -0.138. The van der Waals surface area contributed by atoms with Gasteiger partial charge in [-0.2, -0.15) is 0 Å². The number of rotatable bonds is 4. The minimum absolute atomic E-state index is 0.0169. The fourth-order valence-corrected chi connectivity index (χ4v) is 1.93. The summed E-state index contributed by atoms with van der Waals surface area (Å²) in [5, 5.41) is 11.8. The summed E-state index contributed by atoms with van der Waals surface area (Å²) < 4.78 is 0. The Kier molecular flexibility index (Phi) is 2.64. The molecule has 2 rings (SSSR count). The van der Waals surface area contributed by atoms with Crippen LogP contribution in [0.2, 0.25) is 0 Å². The molecule has 1 aliphatic carbocycles. The van der Waals surface area contributed by atoms with Crippen LogP contribution in [0.1, 0.15) is 25.7 Å². The molecular weight excluding hydrogens is 210 g/mol. The summed E-state index contributed by atoms with van der Waals surface area (Å²) in [4.78, 5) is 28.5. The van der Waals surface area contributed by atoms with Gasteiger partial charge in [-0.3, -0.25) is 9.59 Å². The Morgan fingerprint density at radius 3 is 2.88 bits per heavy atom. The molecule has 0 saturated heterocycles. The Balaban J connectivity index is 2.16. The van der Waals surface area contributed by atoms with Gasteiger partial charge >= 0.3 is 5.97 Å². The van der Waals surface area contributed by atoms with Crippen molar-refractivity contribution in [3.05, 3.63) is 22.7 Å². The van der Waals surface area contributed by atoms with E-state index in [-0.39, 0.29) is 17.8 Å². The first-order valence-electron chi connectivity index (χ1n) is 5.15. The highest BCUT2D eigenvalue weighted by Gasteiger charge is 2.39. The highest BCUT2D eigenvalue weighted by molar-refractivity contribution is 5.69. The summed E-state index contributed by atoms with van der Waals surface area (Å²) in [6.45, 7) is 0. The van der Waals surface area contributed by atoms with E-state index in [1.54, 1.807) is 0 Å². The molecule has 0 radical (unpaired) electrons. The summed E-state index contributed by atoms with van der Waals surface area (Å²) in [7, 11) is 0. The number of H-pyrrole nitrogens is 1. The third-order valence-electron chi connectivity index (χ3n) is 2.89. The van der Waals surface area contributed by atoms with Crippen molar-refractivity contribution in [1.82, 2.24) is 9.97 Å². The van der Waals surface area contributed by atoms with Crippen LogP contribution < -0.4 is 10.9 Å². The first-order chi connectivity index (χ1) is 7.61. The molecule has 0 atom stereocenters. The number of hydrogen-bond acceptors (Lipinski definition) is 4. The second-order valence-corrected chi connectivity index (χ2v) is 4.10. The maximum absolute atomic E-state index is 11.4. The van der Waals surface area contributed by atoms with Gasteiger partial charge in [0.15, 0.2) is 5.82 Å².